The maximum atomic E-state index is 13.9. The molecule has 0 unspecified atom stereocenters. The molecule has 30 heavy (non-hydrogen) atoms. The van der Waals surface area contributed by atoms with Crippen molar-refractivity contribution in [1.82, 2.24) is 14.5 Å². The summed E-state index contributed by atoms with van der Waals surface area (Å²) in [7, 11) is 0. The van der Waals surface area contributed by atoms with Crippen LogP contribution in [0.1, 0.15) is 0 Å². The van der Waals surface area contributed by atoms with E-state index < -0.39 is 11.4 Å². The van der Waals surface area contributed by atoms with Crippen LogP contribution in [0.3, 0.4) is 0 Å². The monoisotopic (exact) mass is 426 g/mol. The van der Waals surface area contributed by atoms with E-state index in [2.05, 4.69) is 9.88 Å². The molecule has 2 aromatic carbocycles. The number of amides is 1. The highest BCUT2D eigenvalue weighted by molar-refractivity contribution is 6.33. The van der Waals surface area contributed by atoms with Gasteiger partial charge in [-0.05, 0) is 24.3 Å². The predicted octanol–water partition coefficient (Wildman–Crippen LogP) is 3.05. The zero-order chi connectivity index (χ0) is 21.1. The lowest BCUT2D eigenvalue weighted by molar-refractivity contribution is -0.132. The van der Waals surface area contributed by atoms with Gasteiger partial charge in [0.2, 0.25) is 5.91 Å². The maximum absolute atomic E-state index is 13.9. The number of benzene rings is 2. The van der Waals surface area contributed by atoms with Crippen molar-refractivity contribution < 1.29 is 9.18 Å². The minimum absolute atomic E-state index is 0.102. The molecular formula is C22H20ClFN4O2. The number of para-hydroxylation sites is 1. The third-order valence-electron chi connectivity index (χ3n) is 5.16. The van der Waals surface area contributed by atoms with Gasteiger partial charge in [0.15, 0.2) is 0 Å². The Kier molecular flexibility index (Phi) is 5.81. The molecule has 6 nitrogen and oxygen atoms in total. The Morgan fingerprint density at radius 1 is 1.03 bits per heavy atom. The quantitative estimate of drug-likeness (QED) is 0.643. The number of halogens is 2. The van der Waals surface area contributed by atoms with Crippen LogP contribution in [-0.4, -0.2) is 46.5 Å². The smallest absolute Gasteiger partial charge is 0.254 e. The minimum Gasteiger partial charge on any atom is -0.367 e. The summed E-state index contributed by atoms with van der Waals surface area (Å²) in [4.78, 5) is 33.1. The Hall–Kier alpha value is -3.19. The van der Waals surface area contributed by atoms with Crippen LogP contribution in [0.25, 0.3) is 11.3 Å². The molecule has 1 amide bonds. The number of nitrogens with zero attached hydrogens (tertiary/aromatic N) is 4. The van der Waals surface area contributed by atoms with Gasteiger partial charge < -0.3 is 9.80 Å². The topological polar surface area (TPSA) is 58.4 Å². The van der Waals surface area contributed by atoms with Gasteiger partial charge in [0.1, 0.15) is 12.4 Å². The zero-order valence-electron chi connectivity index (χ0n) is 16.2. The third kappa shape index (κ3) is 4.21. The molecule has 0 bridgehead atoms. The largest absolute Gasteiger partial charge is 0.367 e. The molecule has 1 aliphatic heterocycles. The Morgan fingerprint density at radius 2 is 1.73 bits per heavy atom. The molecule has 0 saturated carbocycles. The summed E-state index contributed by atoms with van der Waals surface area (Å²) in [5.41, 5.74) is 1.06. The molecule has 4 rings (SSSR count). The lowest BCUT2D eigenvalue weighted by Crippen LogP contribution is -2.50. The zero-order valence-corrected chi connectivity index (χ0v) is 16.9. The van der Waals surface area contributed by atoms with E-state index in [-0.39, 0.29) is 23.7 Å². The number of piperazine rings is 1. The highest BCUT2D eigenvalue weighted by atomic mass is 35.5. The molecule has 3 aromatic rings. The first kappa shape index (κ1) is 20.1. The van der Waals surface area contributed by atoms with Crippen LogP contribution < -0.4 is 10.5 Å². The number of anilines is 1. The third-order valence-corrected chi connectivity index (χ3v) is 5.48. The first-order valence-corrected chi connectivity index (χ1v) is 9.99. The van der Waals surface area contributed by atoms with Crippen molar-refractivity contribution in [2.24, 2.45) is 0 Å². The molecular weight excluding hydrogens is 407 g/mol. The minimum atomic E-state index is -0.449. The average Bonchev–Trinajstić information content (AvgIpc) is 2.76. The summed E-state index contributed by atoms with van der Waals surface area (Å²) in [6.07, 6.45) is 1.29. The summed E-state index contributed by atoms with van der Waals surface area (Å²) in [6.45, 7) is 2.30. The fourth-order valence-electron chi connectivity index (χ4n) is 3.51. The van der Waals surface area contributed by atoms with E-state index in [1.165, 1.54) is 23.0 Å². The Morgan fingerprint density at radius 3 is 2.43 bits per heavy atom. The molecule has 2 heterocycles. The van der Waals surface area contributed by atoms with Crippen molar-refractivity contribution in [1.29, 1.82) is 0 Å². The molecule has 0 aliphatic carbocycles. The van der Waals surface area contributed by atoms with Gasteiger partial charge in [-0.2, -0.15) is 0 Å². The number of aromatic nitrogens is 2. The SMILES string of the molecule is O=C(Cn1cnc(-c2ccccc2F)cc1=O)N1CCN(c2ccccc2Cl)CC1. The second-order valence-corrected chi connectivity index (χ2v) is 7.45. The fraction of sp³-hybridized carbons (Fsp3) is 0.227. The maximum Gasteiger partial charge on any atom is 0.254 e. The van der Waals surface area contributed by atoms with E-state index in [1.54, 1.807) is 23.1 Å². The predicted molar refractivity (Wildman–Crippen MR) is 114 cm³/mol. The van der Waals surface area contributed by atoms with Gasteiger partial charge in [-0.15, -0.1) is 0 Å². The van der Waals surface area contributed by atoms with Crippen molar-refractivity contribution in [3.63, 3.8) is 0 Å². The molecule has 0 atom stereocenters. The van der Waals surface area contributed by atoms with E-state index in [0.717, 1.165) is 5.69 Å². The van der Waals surface area contributed by atoms with Crippen molar-refractivity contribution in [3.8, 4) is 11.3 Å². The lowest BCUT2D eigenvalue weighted by Gasteiger charge is -2.36. The van der Waals surface area contributed by atoms with Crippen LogP contribution in [0.4, 0.5) is 10.1 Å². The lowest BCUT2D eigenvalue weighted by atomic mass is 10.1. The fourth-order valence-corrected chi connectivity index (χ4v) is 3.77. The van der Waals surface area contributed by atoms with Gasteiger partial charge in [0.25, 0.3) is 5.56 Å². The molecule has 0 N–H and O–H groups in total. The Labute approximate surface area is 178 Å². The normalized spacial score (nSPS) is 14.1. The molecule has 1 aromatic heterocycles. The van der Waals surface area contributed by atoms with Gasteiger partial charge in [0, 0.05) is 37.8 Å². The molecule has 154 valence electrons. The van der Waals surface area contributed by atoms with E-state index in [9.17, 15) is 14.0 Å². The van der Waals surface area contributed by atoms with E-state index in [0.29, 0.717) is 31.2 Å². The van der Waals surface area contributed by atoms with Crippen molar-refractivity contribution in [3.05, 3.63) is 82.1 Å². The Balaban J connectivity index is 1.41. The molecule has 8 heteroatoms. The van der Waals surface area contributed by atoms with Crippen LogP contribution in [0.15, 0.2) is 65.7 Å². The first-order chi connectivity index (χ1) is 14.5. The molecule has 1 saturated heterocycles. The highest BCUT2D eigenvalue weighted by Gasteiger charge is 2.22. The summed E-state index contributed by atoms with van der Waals surface area (Å²) < 4.78 is 15.2. The average molecular weight is 427 g/mol. The summed E-state index contributed by atoms with van der Waals surface area (Å²) >= 11 is 6.26. The second-order valence-electron chi connectivity index (χ2n) is 7.04. The number of carbonyl (C=O) groups excluding carboxylic acids is 1. The van der Waals surface area contributed by atoms with Crippen molar-refractivity contribution in [2.75, 3.05) is 31.1 Å². The van der Waals surface area contributed by atoms with Crippen molar-refractivity contribution in [2.45, 2.75) is 6.54 Å². The van der Waals surface area contributed by atoms with E-state index in [4.69, 9.17) is 11.6 Å². The number of rotatable bonds is 4. The number of hydrogen-bond donors (Lipinski definition) is 0. The van der Waals surface area contributed by atoms with Crippen LogP contribution in [0.5, 0.6) is 0 Å². The standard InChI is InChI=1S/C22H20ClFN4O2/c23-17-6-2-4-8-20(17)26-9-11-27(12-10-26)22(30)14-28-15-25-19(13-21(28)29)16-5-1-3-7-18(16)24/h1-8,13,15H,9-12,14H2. The van der Waals surface area contributed by atoms with Crippen molar-refractivity contribution >= 4 is 23.2 Å². The van der Waals surface area contributed by atoms with Crippen LogP contribution in [-0.2, 0) is 11.3 Å². The van der Waals surface area contributed by atoms with Crippen LogP contribution >= 0.6 is 11.6 Å². The van der Waals surface area contributed by atoms with Crippen LogP contribution in [0, 0.1) is 5.82 Å². The highest BCUT2D eigenvalue weighted by Crippen LogP contribution is 2.26. The van der Waals surface area contributed by atoms with Gasteiger partial charge in [-0.25, -0.2) is 9.37 Å². The van der Waals surface area contributed by atoms with E-state index in [1.807, 2.05) is 24.3 Å². The van der Waals surface area contributed by atoms with Gasteiger partial charge in [0.05, 0.1) is 22.7 Å². The van der Waals surface area contributed by atoms with E-state index >= 15 is 0 Å². The summed E-state index contributed by atoms with van der Waals surface area (Å²) in [5.74, 6) is -0.606. The summed E-state index contributed by atoms with van der Waals surface area (Å²) in [5, 5.41) is 0.685. The van der Waals surface area contributed by atoms with Gasteiger partial charge in [-0.3, -0.25) is 14.2 Å². The molecule has 0 radical (unpaired) electrons. The molecule has 0 spiro atoms. The summed E-state index contributed by atoms with van der Waals surface area (Å²) in [6, 6.07) is 15.0. The first-order valence-electron chi connectivity index (χ1n) is 9.61. The second kappa shape index (κ2) is 8.67. The van der Waals surface area contributed by atoms with Crippen LogP contribution in [0.2, 0.25) is 5.02 Å². The Bertz CT molecular complexity index is 1130. The van der Waals surface area contributed by atoms with Gasteiger partial charge >= 0.3 is 0 Å². The molecule has 1 aliphatic rings. The number of hydrogen-bond acceptors (Lipinski definition) is 4. The number of carbonyl (C=O) groups is 1. The molecule has 1 fully saturated rings. The van der Waals surface area contributed by atoms with Gasteiger partial charge in [-0.1, -0.05) is 35.9 Å².